The van der Waals surface area contributed by atoms with Crippen molar-refractivity contribution in [3.05, 3.63) is 64.1 Å². The molecule has 4 rings (SSSR count). The molecule has 2 fully saturated rings. The Labute approximate surface area is 167 Å². The molecule has 3 atom stereocenters. The second kappa shape index (κ2) is 6.82. The van der Waals surface area contributed by atoms with Crippen molar-refractivity contribution < 1.29 is 14.4 Å². The summed E-state index contributed by atoms with van der Waals surface area (Å²) in [6, 6.07) is 13.8. The number of fused-ring (bicyclic) bond motifs is 1. The number of likely N-dealkylation sites (tertiary alicyclic amines) is 1. The van der Waals surface area contributed by atoms with Crippen LogP contribution < -0.4 is 5.06 Å². The van der Waals surface area contributed by atoms with Crippen molar-refractivity contribution in [2.24, 2.45) is 5.92 Å². The van der Waals surface area contributed by atoms with E-state index in [1.807, 2.05) is 44.2 Å². The van der Waals surface area contributed by atoms with Crippen LogP contribution in [-0.4, -0.2) is 28.9 Å². The van der Waals surface area contributed by atoms with Crippen LogP contribution in [0.15, 0.2) is 48.5 Å². The van der Waals surface area contributed by atoms with Crippen molar-refractivity contribution in [1.29, 1.82) is 0 Å². The molecule has 2 heterocycles. The monoisotopic (exact) mass is 404 g/mol. The van der Waals surface area contributed by atoms with Gasteiger partial charge in [-0.15, -0.1) is 0 Å². The van der Waals surface area contributed by atoms with Gasteiger partial charge in [-0.25, -0.2) is 5.06 Å². The summed E-state index contributed by atoms with van der Waals surface area (Å²) in [4.78, 5) is 33.2. The predicted molar refractivity (Wildman–Crippen MR) is 103 cm³/mol. The third-order valence-electron chi connectivity index (χ3n) is 4.96. The number of nitrogens with zero attached hydrogens (tertiary/aromatic N) is 2. The zero-order chi connectivity index (χ0) is 19.3. The van der Waals surface area contributed by atoms with Gasteiger partial charge in [-0.1, -0.05) is 47.5 Å². The van der Waals surface area contributed by atoms with Crippen LogP contribution in [0.25, 0.3) is 0 Å². The Morgan fingerprint density at radius 3 is 2.33 bits per heavy atom. The SMILES string of the molecule is CC(C)N1C(=O)C2ON(c3ccccc3)C(c3ccc(Cl)cc3Cl)C2C1=O. The summed E-state index contributed by atoms with van der Waals surface area (Å²) in [5, 5.41) is 2.56. The lowest BCUT2D eigenvalue weighted by atomic mass is 9.90. The molecule has 27 heavy (non-hydrogen) atoms. The second-order valence-electron chi connectivity index (χ2n) is 6.96. The van der Waals surface area contributed by atoms with E-state index in [2.05, 4.69) is 0 Å². The van der Waals surface area contributed by atoms with Gasteiger partial charge in [0.25, 0.3) is 5.91 Å². The number of carbonyl (C=O) groups is 2. The molecular formula is C20H18Cl2N2O3. The number of carbonyl (C=O) groups excluding carboxylic acids is 2. The summed E-state index contributed by atoms with van der Waals surface area (Å²) in [5.41, 5.74) is 1.45. The van der Waals surface area contributed by atoms with Crippen molar-refractivity contribution in [1.82, 2.24) is 4.90 Å². The van der Waals surface area contributed by atoms with Gasteiger partial charge in [0.15, 0.2) is 6.10 Å². The molecule has 0 N–H and O–H groups in total. The quantitative estimate of drug-likeness (QED) is 0.717. The number of hydroxylamine groups is 1. The number of halogens is 2. The fourth-order valence-corrected chi connectivity index (χ4v) is 4.32. The minimum absolute atomic E-state index is 0.231. The molecule has 5 nitrogen and oxygen atoms in total. The molecule has 7 heteroatoms. The number of benzene rings is 2. The molecule has 0 saturated carbocycles. The minimum Gasteiger partial charge on any atom is -0.277 e. The third-order valence-corrected chi connectivity index (χ3v) is 5.52. The first kappa shape index (κ1) is 18.3. The van der Waals surface area contributed by atoms with Gasteiger partial charge in [-0.05, 0) is 43.7 Å². The van der Waals surface area contributed by atoms with Crippen molar-refractivity contribution in [3.63, 3.8) is 0 Å². The normalized spacial score (nSPS) is 24.9. The van der Waals surface area contributed by atoms with E-state index in [4.69, 9.17) is 28.0 Å². The van der Waals surface area contributed by atoms with Crippen LogP contribution in [0.2, 0.25) is 10.0 Å². The predicted octanol–water partition coefficient (Wildman–Crippen LogP) is 4.25. The van der Waals surface area contributed by atoms with E-state index in [0.717, 1.165) is 5.69 Å². The summed E-state index contributed by atoms with van der Waals surface area (Å²) in [7, 11) is 0. The van der Waals surface area contributed by atoms with Crippen LogP contribution in [0.3, 0.4) is 0 Å². The molecule has 140 valence electrons. The molecule has 0 aliphatic carbocycles. The summed E-state index contributed by atoms with van der Waals surface area (Å²) in [5.74, 6) is -1.22. The number of imide groups is 1. The second-order valence-corrected chi connectivity index (χ2v) is 7.81. The van der Waals surface area contributed by atoms with Crippen molar-refractivity contribution >= 4 is 40.7 Å². The van der Waals surface area contributed by atoms with Crippen LogP contribution in [-0.2, 0) is 14.4 Å². The minimum atomic E-state index is -0.864. The molecule has 2 amide bonds. The van der Waals surface area contributed by atoms with E-state index in [0.29, 0.717) is 15.6 Å². The van der Waals surface area contributed by atoms with Crippen LogP contribution in [0.5, 0.6) is 0 Å². The van der Waals surface area contributed by atoms with Gasteiger partial charge >= 0.3 is 0 Å². The van der Waals surface area contributed by atoms with E-state index < -0.39 is 18.1 Å². The lowest BCUT2D eigenvalue weighted by molar-refractivity contribution is -0.145. The topological polar surface area (TPSA) is 49.9 Å². The molecular weight excluding hydrogens is 387 g/mol. The lowest BCUT2D eigenvalue weighted by Crippen LogP contribution is -2.41. The number of para-hydroxylation sites is 1. The number of hydrogen-bond acceptors (Lipinski definition) is 4. The van der Waals surface area contributed by atoms with E-state index in [-0.39, 0.29) is 17.9 Å². The fraction of sp³-hybridized carbons (Fsp3) is 0.300. The van der Waals surface area contributed by atoms with E-state index in [9.17, 15) is 9.59 Å². The average Bonchev–Trinajstić information content (AvgIpc) is 3.12. The van der Waals surface area contributed by atoms with Gasteiger partial charge in [-0.2, -0.15) is 0 Å². The molecule has 0 bridgehead atoms. The summed E-state index contributed by atoms with van der Waals surface area (Å²) in [6.07, 6.45) is -0.864. The van der Waals surface area contributed by atoms with Gasteiger partial charge in [0.2, 0.25) is 5.91 Å². The van der Waals surface area contributed by atoms with Gasteiger partial charge in [0.05, 0.1) is 11.7 Å². The molecule has 3 unspecified atom stereocenters. The first-order chi connectivity index (χ1) is 12.9. The molecule has 2 saturated heterocycles. The van der Waals surface area contributed by atoms with E-state index in [1.54, 1.807) is 23.3 Å². The smallest absolute Gasteiger partial charge is 0.262 e. The zero-order valence-corrected chi connectivity index (χ0v) is 16.3. The maximum Gasteiger partial charge on any atom is 0.262 e. The molecule has 2 aromatic carbocycles. The number of amides is 2. The number of rotatable bonds is 3. The Bertz CT molecular complexity index is 903. The average molecular weight is 405 g/mol. The molecule has 2 aromatic rings. The Balaban J connectivity index is 1.84. The van der Waals surface area contributed by atoms with Gasteiger partial charge in [0, 0.05) is 16.1 Å². The third kappa shape index (κ3) is 2.90. The lowest BCUT2D eigenvalue weighted by Gasteiger charge is -2.30. The Kier molecular flexibility index (Phi) is 4.62. The summed E-state index contributed by atoms with van der Waals surface area (Å²) < 4.78 is 0. The molecule has 0 radical (unpaired) electrons. The Hall–Kier alpha value is -2.08. The first-order valence-electron chi connectivity index (χ1n) is 8.73. The molecule has 0 aromatic heterocycles. The largest absolute Gasteiger partial charge is 0.277 e. The highest BCUT2D eigenvalue weighted by Gasteiger charge is 2.60. The number of anilines is 1. The number of hydrogen-bond donors (Lipinski definition) is 0. The maximum atomic E-state index is 13.1. The van der Waals surface area contributed by atoms with Crippen LogP contribution in [0, 0.1) is 5.92 Å². The summed E-state index contributed by atoms with van der Waals surface area (Å²) >= 11 is 12.5. The maximum absolute atomic E-state index is 13.1. The van der Waals surface area contributed by atoms with Gasteiger partial charge in [-0.3, -0.25) is 19.3 Å². The first-order valence-corrected chi connectivity index (χ1v) is 9.48. The van der Waals surface area contributed by atoms with Crippen LogP contribution >= 0.6 is 23.2 Å². The molecule has 0 spiro atoms. The standard InChI is InChI=1S/C20H18Cl2N2O3/c1-11(2)23-19(25)16-17(14-9-8-12(21)10-15(14)22)24(27-18(16)20(23)26)13-6-4-3-5-7-13/h3-11,16-18H,1-2H3. The van der Waals surface area contributed by atoms with Crippen molar-refractivity contribution in [3.8, 4) is 0 Å². The van der Waals surface area contributed by atoms with Crippen molar-refractivity contribution in [2.75, 3.05) is 5.06 Å². The van der Waals surface area contributed by atoms with Gasteiger partial charge in [0.1, 0.15) is 5.92 Å². The van der Waals surface area contributed by atoms with Gasteiger partial charge < -0.3 is 0 Å². The Morgan fingerprint density at radius 2 is 1.70 bits per heavy atom. The van der Waals surface area contributed by atoms with Crippen molar-refractivity contribution in [2.45, 2.75) is 32.0 Å². The van der Waals surface area contributed by atoms with Crippen LogP contribution in [0.1, 0.15) is 25.5 Å². The zero-order valence-electron chi connectivity index (χ0n) is 14.8. The highest BCUT2D eigenvalue weighted by Crippen LogP contribution is 2.48. The van der Waals surface area contributed by atoms with Crippen LogP contribution in [0.4, 0.5) is 5.69 Å². The molecule has 2 aliphatic heterocycles. The highest BCUT2D eigenvalue weighted by molar-refractivity contribution is 6.35. The fourth-order valence-electron chi connectivity index (χ4n) is 3.80. The highest BCUT2D eigenvalue weighted by atomic mass is 35.5. The Morgan fingerprint density at radius 1 is 1.00 bits per heavy atom. The summed E-state index contributed by atoms with van der Waals surface area (Å²) in [6.45, 7) is 3.63. The van der Waals surface area contributed by atoms with E-state index in [1.165, 1.54) is 4.90 Å². The van der Waals surface area contributed by atoms with E-state index >= 15 is 0 Å². The molecule has 2 aliphatic rings.